The second-order valence-electron chi connectivity index (χ2n) is 2.34. The van der Waals surface area contributed by atoms with Gasteiger partial charge < -0.3 is 14.2 Å². The smallest absolute Gasteiger partial charge is 0.383 e. The molecular formula is C9H12O4. The zero-order valence-corrected chi connectivity index (χ0v) is 7.75. The van der Waals surface area contributed by atoms with Crippen LogP contribution in [0, 0.1) is 0 Å². The number of esters is 1. The van der Waals surface area contributed by atoms with Gasteiger partial charge in [0.05, 0.1) is 13.2 Å². The summed E-state index contributed by atoms with van der Waals surface area (Å²) in [5, 5.41) is 0. The van der Waals surface area contributed by atoms with Crippen molar-refractivity contribution in [3.8, 4) is 0 Å². The molecule has 72 valence electrons. The molecule has 0 bridgehead atoms. The standard InChI is InChI=1S/C9H12O4/c1-4-11-7-6(3)13-9(10)8(7)12-5-2/h3-5H2,1-2H3. The lowest BCUT2D eigenvalue weighted by Gasteiger charge is -2.04. The highest BCUT2D eigenvalue weighted by Crippen LogP contribution is 2.26. The fourth-order valence-corrected chi connectivity index (χ4v) is 0.983. The Morgan fingerprint density at radius 2 is 1.77 bits per heavy atom. The Morgan fingerprint density at radius 1 is 1.23 bits per heavy atom. The van der Waals surface area contributed by atoms with Crippen molar-refractivity contribution in [1.29, 1.82) is 0 Å². The third kappa shape index (κ3) is 1.83. The number of hydrogen-bond donors (Lipinski definition) is 0. The second kappa shape index (κ2) is 3.98. The summed E-state index contributed by atoms with van der Waals surface area (Å²) in [5.41, 5.74) is 0. The van der Waals surface area contributed by atoms with Gasteiger partial charge in [-0.15, -0.1) is 0 Å². The number of ether oxygens (including phenoxy) is 3. The van der Waals surface area contributed by atoms with Crippen LogP contribution in [0.5, 0.6) is 0 Å². The Balaban J connectivity index is 2.88. The van der Waals surface area contributed by atoms with Crippen LogP contribution in [-0.4, -0.2) is 19.2 Å². The van der Waals surface area contributed by atoms with Gasteiger partial charge in [0, 0.05) is 0 Å². The van der Waals surface area contributed by atoms with E-state index < -0.39 is 5.97 Å². The van der Waals surface area contributed by atoms with Crippen LogP contribution in [-0.2, 0) is 19.0 Å². The predicted octanol–water partition coefficient (Wildman–Crippen LogP) is 1.34. The van der Waals surface area contributed by atoms with Crippen LogP contribution in [0.25, 0.3) is 0 Å². The summed E-state index contributed by atoms with van der Waals surface area (Å²) in [6.45, 7) is 7.97. The molecule has 0 aromatic rings. The molecule has 13 heavy (non-hydrogen) atoms. The van der Waals surface area contributed by atoms with E-state index in [2.05, 4.69) is 6.58 Å². The fourth-order valence-electron chi connectivity index (χ4n) is 0.983. The molecule has 1 heterocycles. The molecule has 0 aromatic carbocycles. The van der Waals surface area contributed by atoms with Gasteiger partial charge in [-0.1, -0.05) is 6.58 Å². The lowest BCUT2D eigenvalue weighted by Crippen LogP contribution is -2.03. The molecule has 0 spiro atoms. The van der Waals surface area contributed by atoms with Gasteiger partial charge in [0.2, 0.25) is 5.76 Å². The van der Waals surface area contributed by atoms with E-state index in [4.69, 9.17) is 14.2 Å². The maximum atomic E-state index is 11.1. The minimum Gasteiger partial charge on any atom is -0.487 e. The van der Waals surface area contributed by atoms with Gasteiger partial charge in [0.15, 0.2) is 5.76 Å². The first kappa shape index (κ1) is 9.64. The fraction of sp³-hybridized carbons (Fsp3) is 0.444. The van der Waals surface area contributed by atoms with Crippen LogP contribution in [0.2, 0.25) is 0 Å². The van der Waals surface area contributed by atoms with E-state index in [0.717, 1.165) is 0 Å². The van der Waals surface area contributed by atoms with Crippen molar-refractivity contribution < 1.29 is 19.0 Å². The third-order valence-electron chi connectivity index (χ3n) is 1.44. The third-order valence-corrected chi connectivity index (χ3v) is 1.44. The minimum atomic E-state index is -0.532. The van der Waals surface area contributed by atoms with Crippen LogP contribution in [0.3, 0.4) is 0 Å². The van der Waals surface area contributed by atoms with Gasteiger partial charge in [0.25, 0.3) is 5.76 Å². The van der Waals surface area contributed by atoms with Gasteiger partial charge in [-0.25, -0.2) is 4.79 Å². The summed E-state index contributed by atoms with van der Waals surface area (Å²) in [4.78, 5) is 11.1. The van der Waals surface area contributed by atoms with Crippen LogP contribution < -0.4 is 0 Å². The quantitative estimate of drug-likeness (QED) is 0.618. The van der Waals surface area contributed by atoms with E-state index in [1.807, 2.05) is 6.92 Å². The molecule has 0 N–H and O–H groups in total. The maximum Gasteiger partial charge on any atom is 0.383 e. The molecule has 0 saturated carbocycles. The summed E-state index contributed by atoms with van der Waals surface area (Å²) in [6, 6.07) is 0. The Labute approximate surface area is 76.8 Å². The monoisotopic (exact) mass is 184 g/mol. The van der Waals surface area contributed by atoms with Gasteiger partial charge >= 0.3 is 5.97 Å². The molecule has 1 rings (SSSR count). The lowest BCUT2D eigenvalue weighted by atomic mass is 10.4. The van der Waals surface area contributed by atoms with Crippen molar-refractivity contribution >= 4 is 5.97 Å². The first-order valence-electron chi connectivity index (χ1n) is 4.12. The predicted molar refractivity (Wildman–Crippen MR) is 45.5 cm³/mol. The van der Waals surface area contributed by atoms with Gasteiger partial charge in [0.1, 0.15) is 0 Å². The van der Waals surface area contributed by atoms with Crippen molar-refractivity contribution in [3.05, 3.63) is 23.9 Å². The van der Waals surface area contributed by atoms with Crippen molar-refractivity contribution in [2.45, 2.75) is 13.8 Å². The SMILES string of the molecule is C=C1OC(=O)C(OCC)=C1OCC. The number of rotatable bonds is 4. The Morgan fingerprint density at radius 3 is 2.31 bits per heavy atom. The molecule has 0 saturated heterocycles. The summed E-state index contributed by atoms with van der Waals surface area (Å²) in [5.74, 6) is 0.120. The van der Waals surface area contributed by atoms with Crippen LogP contribution in [0.4, 0.5) is 0 Å². The van der Waals surface area contributed by atoms with Crippen molar-refractivity contribution in [2.75, 3.05) is 13.2 Å². The largest absolute Gasteiger partial charge is 0.487 e. The van der Waals surface area contributed by atoms with Crippen LogP contribution >= 0.6 is 0 Å². The van der Waals surface area contributed by atoms with E-state index in [9.17, 15) is 4.79 Å². The molecule has 0 unspecified atom stereocenters. The van der Waals surface area contributed by atoms with Crippen molar-refractivity contribution in [2.24, 2.45) is 0 Å². The number of carbonyl (C=O) groups is 1. The Bertz CT molecular complexity index is 239. The van der Waals surface area contributed by atoms with E-state index in [1.54, 1.807) is 6.92 Å². The van der Waals surface area contributed by atoms with Gasteiger partial charge in [-0.3, -0.25) is 0 Å². The van der Waals surface area contributed by atoms with Crippen LogP contribution in [0.15, 0.2) is 23.9 Å². The highest BCUT2D eigenvalue weighted by molar-refractivity contribution is 5.91. The molecule has 0 amide bonds. The molecule has 4 heteroatoms. The highest BCUT2D eigenvalue weighted by Gasteiger charge is 2.31. The summed E-state index contributed by atoms with van der Waals surface area (Å²) < 4.78 is 15.0. The van der Waals surface area contributed by atoms with Gasteiger partial charge in [-0.05, 0) is 13.8 Å². The molecule has 4 nitrogen and oxygen atoms in total. The van der Waals surface area contributed by atoms with E-state index >= 15 is 0 Å². The molecule has 1 aliphatic rings. The molecule has 0 atom stereocenters. The summed E-state index contributed by atoms with van der Waals surface area (Å²) >= 11 is 0. The normalized spacial score (nSPS) is 16.2. The van der Waals surface area contributed by atoms with Crippen molar-refractivity contribution in [1.82, 2.24) is 0 Å². The highest BCUT2D eigenvalue weighted by atomic mass is 16.6. The molecule has 1 aliphatic heterocycles. The Kier molecular flexibility index (Phi) is 2.95. The first-order valence-corrected chi connectivity index (χ1v) is 4.12. The van der Waals surface area contributed by atoms with E-state index in [-0.39, 0.29) is 11.5 Å². The van der Waals surface area contributed by atoms with E-state index in [1.165, 1.54) is 0 Å². The van der Waals surface area contributed by atoms with E-state index in [0.29, 0.717) is 19.0 Å². The van der Waals surface area contributed by atoms with Gasteiger partial charge in [-0.2, -0.15) is 0 Å². The zero-order valence-electron chi connectivity index (χ0n) is 7.75. The minimum absolute atomic E-state index is 0.120. The van der Waals surface area contributed by atoms with Crippen LogP contribution in [0.1, 0.15) is 13.8 Å². The summed E-state index contributed by atoms with van der Waals surface area (Å²) in [7, 11) is 0. The molecule has 0 aromatic heterocycles. The lowest BCUT2D eigenvalue weighted by molar-refractivity contribution is -0.136. The topological polar surface area (TPSA) is 44.8 Å². The van der Waals surface area contributed by atoms with Crippen molar-refractivity contribution in [3.63, 3.8) is 0 Å². The Hall–Kier alpha value is -1.45. The molecule has 0 aliphatic carbocycles. The summed E-state index contributed by atoms with van der Waals surface area (Å²) in [6.07, 6.45) is 0. The number of carbonyl (C=O) groups excluding carboxylic acids is 1. The number of hydrogen-bond acceptors (Lipinski definition) is 4. The zero-order chi connectivity index (χ0) is 9.84. The molecule has 0 radical (unpaired) electrons. The second-order valence-corrected chi connectivity index (χ2v) is 2.34. The average Bonchev–Trinajstić information content (AvgIpc) is 2.33. The number of cyclic esters (lactones) is 1. The molecule has 0 fully saturated rings. The first-order chi connectivity index (χ1) is 6.20. The molecular weight excluding hydrogens is 172 g/mol. The average molecular weight is 184 g/mol. The maximum absolute atomic E-state index is 11.1.